The third-order valence-electron chi connectivity index (χ3n) is 4.97. The van der Waals surface area contributed by atoms with Crippen molar-refractivity contribution in [1.29, 1.82) is 0 Å². The standard InChI is InChI=1S/C18H29N3O3S/c1-4-21(2)14-16-7-5-6-15(12-16)13-20-17(22)18(25(3,23)24)8-10-19-11-9-18/h5-7,12,19H,4,8-11,13-14H2,1-3H3,(H,20,22). The predicted octanol–water partition coefficient (Wildman–Crippen LogP) is 0.921. The number of nitrogens with zero attached hydrogens (tertiary/aromatic N) is 1. The van der Waals surface area contributed by atoms with Gasteiger partial charge in [0.25, 0.3) is 0 Å². The Balaban J connectivity index is 2.07. The Morgan fingerprint density at radius 1 is 1.28 bits per heavy atom. The number of rotatable bonds is 7. The monoisotopic (exact) mass is 367 g/mol. The summed E-state index contributed by atoms with van der Waals surface area (Å²) in [4.78, 5) is 14.9. The number of piperidine rings is 1. The largest absolute Gasteiger partial charge is 0.351 e. The van der Waals surface area contributed by atoms with E-state index >= 15 is 0 Å². The van der Waals surface area contributed by atoms with Gasteiger partial charge in [0.05, 0.1) is 0 Å². The van der Waals surface area contributed by atoms with Gasteiger partial charge in [-0.15, -0.1) is 0 Å². The first-order valence-corrected chi connectivity index (χ1v) is 10.6. The third kappa shape index (κ3) is 4.80. The van der Waals surface area contributed by atoms with Crippen LogP contribution in [0.2, 0.25) is 0 Å². The van der Waals surface area contributed by atoms with Crippen LogP contribution in [-0.4, -0.2) is 56.9 Å². The van der Waals surface area contributed by atoms with E-state index < -0.39 is 14.6 Å². The van der Waals surface area contributed by atoms with E-state index in [0.29, 0.717) is 32.5 Å². The molecule has 0 unspecified atom stereocenters. The number of hydrogen-bond acceptors (Lipinski definition) is 5. The van der Waals surface area contributed by atoms with Crippen LogP contribution in [0.15, 0.2) is 24.3 Å². The molecule has 1 aliphatic rings. The highest BCUT2D eigenvalue weighted by Crippen LogP contribution is 2.28. The zero-order valence-corrected chi connectivity index (χ0v) is 16.2. The quantitative estimate of drug-likeness (QED) is 0.749. The van der Waals surface area contributed by atoms with E-state index in [1.807, 2.05) is 12.1 Å². The van der Waals surface area contributed by atoms with Crippen LogP contribution in [0.5, 0.6) is 0 Å². The summed E-state index contributed by atoms with van der Waals surface area (Å²) in [5.41, 5.74) is 2.16. The molecule has 0 saturated carbocycles. The number of carbonyl (C=O) groups excluding carboxylic acids is 1. The van der Waals surface area contributed by atoms with Crippen LogP contribution in [-0.2, 0) is 27.7 Å². The molecule has 25 heavy (non-hydrogen) atoms. The molecule has 1 saturated heterocycles. The van der Waals surface area contributed by atoms with E-state index in [-0.39, 0.29) is 5.91 Å². The zero-order valence-electron chi connectivity index (χ0n) is 15.3. The van der Waals surface area contributed by atoms with Crippen molar-refractivity contribution in [2.45, 2.75) is 37.6 Å². The van der Waals surface area contributed by atoms with E-state index in [0.717, 1.165) is 18.7 Å². The maximum Gasteiger partial charge on any atom is 0.241 e. The molecule has 1 fully saturated rings. The van der Waals surface area contributed by atoms with Gasteiger partial charge in [0, 0.05) is 19.3 Å². The maximum atomic E-state index is 12.7. The SMILES string of the molecule is CCN(C)Cc1cccc(CNC(=O)C2(S(C)(=O)=O)CCNCC2)c1. The lowest BCUT2D eigenvalue weighted by Gasteiger charge is -2.34. The fraction of sp³-hybridized carbons (Fsp3) is 0.611. The van der Waals surface area contributed by atoms with Gasteiger partial charge in [-0.25, -0.2) is 8.42 Å². The molecular weight excluding hydrogens is 338 g/mol. The van der Waals surface area contributed by atoms with Crippen molar-refractivity contribution >= 4 is 15.7 Å². The minimum Gasteiger partial charge on any atom is -0.351 e. The number of sulfone groups is 1. The van der Waals surface area contributed by atoms with Gasteiger partial charge in [-0.05, 0) is 50.7 Å². The molecule has 0 bridgehead atoms. The maximum absolute atomic E-state index is 12.7. The summed E-state index contributed by atoms with van der Waals surface area (Å²) in [7, 11) is -1.42. The highest BCUT2D eigenvalue weighted by molar-refractivity contribution is 7.92. The van der Waals surface area contributed by atoms with Gasteiger partial charge < -0.3 is 15.5 Å². The second-order valence-corrected chi connectivity index (χ2v) is 9.18. The number of benzene rings is 1. The molecule has 0 atom stereocenters. The van der Waals surface area contributed by atoms with Gasteiger partial charge in [0.1, 0.15) is 0 Å². The molecule has 6 nitrogen and oxygen atoms in total. The van der Waals surface area contributed by atoms with Crippen molar-refractivity contribution in [2.24, 2.45) is 0 Å². The minimum atomic E-state index is -3.48. The van der Waals surface area contributed by atoms with Crippen LogP contribution in [0.3, 0.4) is 0 Å². The first-order chi connectivity index (χ1) is 11.8. The Hall–Kier alpha value is -1.44. The number of carbonyl (C=O) groups is 1. The van der Waals surface area contributed by atoms with Crippen molar-refractivity contribution in [3.63, 3.8) is 0 Å². The van der Waals surface area contributed by atoms with Crippen molar-refractivity contribution in [3.8, 4) is 0 Å². The summed E-state index contributed by atoms with van der Waals surface area (Å²) in [6.07, 6.45) is 1.80. The molecule has 0 spiro atoms. The van der Waals surface area contributed by atoms with Gasteiger partial charge in [-0.1, -0.05) is 31.2 Å². The number of hydrogen-bond donors (Lipinski definition) is 2. The van der Waals surface area contributed by atoms with Crippen molar-refractivity contribution in [2.75, 3.05) is 32.9 Å². The molecule has 0 aromatic heterocycles. The summed E-state index contributed by atoms with van der Waals surface area (Å²) in [6.45, 7) is 5.34. The number of nitrogens with one attached hydrogen (secondary N) is 2. The van der Waals surface area contributed by atoms with Gasteiger partial charge in [0.2, 0.25) is 5.91 Å². The van der Waals surface area contributed by atoms with Crippen molar-refractivity contribution in [3.05, 3.63) is 35.4 Å². The molecule has 7 heteroatoms. The van der Waals surface area contributed by atoms with Crippen LogP contribution in [0.4, 0.5) is 0 Å². The molecule has 0 aliphatic carbocycles. The predicted molar refractivity (Wildman–Crippen MR) is 100.0 cm³/mol. The summed E-state index contributed by atoms with van der Waals surface area (Å²) >= 11 is 0. The molecule has 1 aliphatic heterocycles. The van der Waals surface area contributed by atoms with E-state index in [1.165, 1.54) is 11.8 Å². The smallest absolute Gasteiger partial charge is 0.241 e. The lowest BCUT2D eigenvalue weighted by molar-refractivity contribution is -0.124. The molecule has 1 heterocycles. The van der Waals surface area contributed by atoms with E-state index in [4.69, 9.17) is 0 Å². The molecule has 1 amide bonds. The lowest BCUT2D eigenvalue weighted by atomic mass is 9.95. The van der Waals surface area contributed by atoms with Crippen molar-refractivity contribution < 1.29 is 13.2 Å². The Morgan fingerprint density at radius 2 is 1.92 bits per heavy atom. The second kappa shape index (κ2) is 8.29. The average molecular weight is 368 g/mol. The summed E-state index contributed by atoms with van der Waals surface area (Å²) in [5, 5.41) is 5.97. The topological polar surface area (TPSA) is 78.5 Å². The average Bonchev–Trinajstić information content (AvgIpc) is 2.59. The van der Waals surface area contributed by atoms with Gasteiger partial charge in [0.15, 0.2) is 14.6 Å². The van der Waals surface area contributed by atoms with E-state index in [2.05, 4.69) is 41.6 Å². The third-order valence-corrected chi connectivity index (χ3v) is 6.98. The van der Waals surface area contributed by atoms with Crippen LogP contribution < -0.4 is 10.6 Å². The second-order valence-electron chi connectivity index (χ2n) is 6.85. The Labute approximate surface area is 150 Å². The Morgan fingerprint density at radius 3 is 2.52 bits per heavy atom. The summed E-state index contributed by atoms with van der Waals surface area (Å²) in [6, 6.07) is 8.03. The van der Waals surface area contributed by atoms with Crippen molar-refractivity contribution in [1.82, 2.24) is 15.5 Å². The molecule has 2 rings (SSSR count). The van der Waals surface area contributed by atoms with Crippen LogP contribution in [0, 0.1) is 0 Å². The normalized spacial score (nSPS) is 17.4. The highest BCUT2D eigenvalue weighted by Gasteiger charge is 2.48. The Bertz CT molecular complexity index is 697. The fourth-order valence-electron chi connectivity index (χ4n) is 3.20. The molecular formula is C18H29N3O3S. The van der Waals surface area contributed by atoms with Gasteiger partial charge >= 0.3 is 0 Å². The molecule has 140 valence electrons. The molecule has 0 radical (unpaired) electrons. The zero-order chi connectivity index (χ0) is 18.5. The summed E-state index contributed by atoms with van der Waals surface area (Å²) in [5.74, 6) is -0.382. The van der Waals surface area contributed by atoms with E-state index in [1.54, 1.807) is 0 Å². The van der Waals surface area contributed by atoms with Crippen LogP contribution in [0.1, 0.15) is 30.9 Å². The number of amides is 1. The van der Waals surface area contributed by atoms with Crippen LogP contribution in [0.25, 0.3) is 0 Å². The van der Waals surface area contributed by atoms with Crippen LogP contribution >= 0.6 is 0 Å². The van der Waals surface area contributed by atoms with E-state index in [9.17, 15) is 13.2 Å². The van der Waals surface area contributed by atoms with Gasteiger partial charge in [-0.3, -0.25) is 4.79 Å². The summed E-state index contributed by atoms with van der Waals surface area (Å²) < 4.78 is 23.2. The lowest BCUT2D eigenvalue weighted by Crippen LogP contribution is -2.57. The molecule has 2 N–H and O–H groups in total. The molecule has 1 aromatic carbocycles. The van der Waals surface area contributed by atoms with Gasteiger partial charge in [-0.2, -0.15) is 0 Å². The minimum absolute atomic E-state index is 0.318. The fourth-order valence-corrected chi connectivity index (χ4v) is 4.56. The first-order valence-electron chi connectivity index (χ1n) is 8.73. The first kappa shape index (κ1) is 19.9. The highest BCUT2D eigenvalue weighted by atomic mass is 32.2. The Kier molecular flexibility index (Phi) is 6.59. The molecule has 1 aromatic rings.